The molecule has 2 aromatic rings. The van der Waals surface area contributed by atoms with E-state index >= 15 is 0 Å². The number of benzene rings is 1. The van der Waals surface area contributed by atoms with Crippen molar-refractivity contribution in [3.8, 4) is 0 Å². The number of carbonyl (C=O) groups excluding carboxylic acids is 1. The van der Waals surface area contributed by atoms with E-state index in [1.54, 1.807) is 6.20 Å². The van der Waals surface area contributed by atoms with E-state index < -0.39 is 0 Å². The van der Waals surface area contributed by atoms with Crippen molar-refractivity contribution in [1.82, 2.24) is 15.6 Å². The third kappa shape index (κ3) is 4.11. The van der Waals surface area contributed by atoms with Crippen LogP contribution in [0.2, 0.25) is 0 Å². The molecule has 1 aliphatic heterocycles. The Labute approximate surface area is 143 Å². The van der Waals surface area contributed by atoms with Crippen LogP contribution in [-0.2, 0) is 17.9 Å². The smallest absolute Gasteiger partial charge is 0.224 e. The summed E-state index contributed by atoms with van der Waals surface area (Å²) in [5.74, 6) is 1.12. The van der Waals surface area contributed by atoms with Crippen LogP contribution >= 0.6 is 0 Å². The van der Waals surface area contributed by atoms with Gasteiger partial charge in [0.05, 0.1) is 5.92 Å². The second kappa shape index (κ2) is 7.93. The summed E-state index contributed by atoms with van der Waals surface area (Å²) in [5.41, 5.74) is 2.27. The van der Waals surface area contributed by atoms with E-state index in [-0.39, 0.29) is 11.8 Å². The maximum absolute atomic E-state index is 12.2. The first kappa shape index (κ1) is 16.5. The number of carbonyl (C=O) groups is 1. The Morgan fingerprint density at radius 1 is 1.29 bits per heavy atom. The average Bonchev–Trinajstić information content (AvgIpc) is 3.15. The molecule has 0 bridgehead atoms. The van der Waals surface area contributed by atoms with E-state index in [1.165, 1.54) is 5.56 Å². The lowest BCUT2D eigenvalue weighted by Gasteiger charge is -2.21. The fourth-order valence-electron chi connectivity index (χ4n) is 3.05. The molecule has 1 saturated heterocycles. The van der Waals surface area contributed by atoms with Gasteiger partial charge in [0.15, 0.2) is 0 Å². The standard InChI is InChI=1S/C19H24N4O/c1-23(14-15-6-3-2-4-7-15)18-16(8-5-10-21-18)13-22-19(24)17-9-11-20-12-17/h2-8,10,17,20H,9,11-14H2,1H3,(H,22,24)/t17-/m1/s1. The van der Waals surface area contributed by atoms with E-state index in [4.69, 9.17) is 0 Å². The largest absolute Gasteiger partial charge is 0.355 e. The molecule has 1 amide bonds. The zero-order chi connectivity index (χ0) is 16.8. The monoisotopic (exact) mass is 324 g/mol. The van der Waals surface area contributed by atoms with Crippen LogP contribution in [0.25, 0.3) is 0 Å². The van der Waals surface area contributed by atoms with E-state index in [0.717, 1.165) is 37.4 Å². The fourth-order valence-corrected chi connectivity index (χ4v) is 3.05. The van der Waals surface area contributed by atoms with Crippen LogP contribution in [-0.4, -0.2) is 31.0 Å². The molecule has 2 N–H and O–H groups in total. The van der Waals surface area contributed by atoms with Crippen LogP contribution in [0.1, 0.15) is 17.5 Å². The number of aromatic nitrogens is 1. The molecule has 126 valence electrons. The Morgan fingerprint density at radius 2 is 2.12 bits per heavy atom. The molecular weight excluding hydrogens is 300 g/mol. The van der Waals surface area contributed by atoms with Gasteiger partial charge in [0, 0.05) is 38.4 Å². The molecule has 3 rings (SSSR count). The lowest BCUT2D eigenvalue weighted by Crippen LogP contribution is -2.32. The Bertz CT molecular complexity index is 668. The van der Waals surface area contributed by atoms with Crippen molar-refractivity contribution >= 4 is 11.7 Å². The first-order chi connectivity index (χ1) is 11.7. The summed E-state index contributed by atoms with van der Waals surface area (Å²) in [6.45, 7) is 3.00. The van der Waals surface area contributed by atoms with Gasteiger partial charge in [-0.2, -0.15) is 0 Å². The molecule has 0 spiro atoms. The van der Waals surface area contributed by atoms with Crippen molar-refractivity contribution in [2.24, 2.45) is 5.92 Å². The Kier molecular flexibility index (Phi) is 5.43. The zero-order valence-electron chi connectivity index (χ0n) is 14.0. The number of rotatable bonds is 6. The number of nitrogens with one attached hydrogen (secondary N) is 2. The van der Waals surface area contributed by atoms with Gasteiger partial charge in [0.2, 0.25) is 5.91 Å². The van der Waals surface area contributed by atoms with Crippen molar-refractivity contribution < 1.29 is 4.79 Å². The van der Waals surface area contributed by atoms with Gasteiger partial charge in [-0.25, -0.2) is 4.98 Å². The summed E-state index contributed by atoms with van der Waals surface area (Å²) in [6, 6.07) is 14.2. The zero-order valence-corrected chi connectivity index (χ0v) is 14.0. The maximum atomic E-state index is 12.2. The summed E-state index contributed by atoms with van der Waals surface area (Å²) in [4.78, 5) is 18.8. The highest BCUT2D eigenvalue weighted by Gasteiger charge is 2.22. The van der Waals surface area contributed by atoms with Gasteiger partial charge in [-0.05, 0) is 24.6 Å². The van der Waals surface area contributed by atoms with Crippen molar-refractivity contribution in [2.75, 3.05) is 25.0 Å². The SMILES string of the molecule is CN(Cc1ccccc1)c1ncccc1CNC(=O)[C@@H]1CCNC1. The summed E-state index contributed by atoms with van der Waals surface area (Å²) in [5, 5.41) is 6.28. The van der Waals surface area contributed by atoms with Gasteiger partial charge in [0.25, 0.3) is 0 Å². The summed E-state index contributed by atoms with van der Waals surface area (Å²) in [6.07, 6.45) is 2.71. The summed E-state index contributed by atoms with van der Waals surface area (Å²) in [7, 11) is 2.03. The lowest BCUT2D eigenvalue weighted by molar-refractivity contribution is -0.124. The van der Waals surface area contributed by atoms with E-state index in [9.17, 15) is 4.79 Å². The Balaban J connectivity index is 1.64. The molecular formula is C19H24N4O. The Morgan fingerprint density at radius 3 is 2.88 bits per heavy atom. The fraction of sp³-hybridized carbons (Fsp3) is 0.368. The van der Waals surface area contributed by atoms with Crippen LogP contribution in [0.15, 0.2) is 48.7 Å². The molecule has 5 nitrogen and oxygen atoms in total. The molecule has 1 atom stereocenters. The van der Waals surface area contributed by atoms with Crippen LogP contribution in [0.4, 0.5) is 5.82 Å². The van der Waals surface area contributed by atoms with Gasteiger partial charge >= 0.3 is 0 Å². The molecule has 0 unspecified atom stereocenters. The molecule has 1 fully saturated rings. The van der Waals surface area contributed by atoms with Crippen LogP contribution in [0.3, 0.4) is 0 Å². The summed E-state index contributed by atoms with van der Waals surface area (Å²) < 4.78 is 0. The predicted molar refractivity (Wildman–Crippen MR) is 95.6 cm³/mol. The average molecular weight is 324 g/mol. The number of hydrogen-bond acceptors (Lipinski definition) is 4. The molecule has 5 heteroatoms. The lowest BCUT2D eigenvalue weighted by atomic mass is 10.1. The molecule has 1 aromatic carbocycles. The van der Waals surface area contributed by atoms with E-state index in [1.807, 2.05) is 37.4 Å². The third-order valence-electron chi connectivity index (χ3n) is 4.38. The minimum absolute atomic E-state index is 0.0900. The van der Waals surface area contributed by atoms with Crippen LogP contribution < -0.4 is 15.5 Å². The Hall–Kier alpha value is -2.40. The van der Waals surface area contributed by atoms with E-state index in [0.29, 0.717) is 6.54 Å². The first-order valence-corrected chi connectivity index (χ1v) is 8.41. The normalized spacial score (nSPS) is 16.8. The number of anilines is 1. The quantitative estimate of drug-likeness (QED) is 0.853. The molecule has 1 aliphatic rings. The van der Waals surface area contributed by atoms with Gasteiger partial charge < -0.3 is 15.5 Å². The van der Waals surface area contributed by atoms with E-state index in [2.05, 4.69) is 32.7 Å². The topological polar surface area (TPSA) is 57.3 Å². The minimum atomic E-state index is 0.0900. The highest BCUT2D eigenvalue weighted by atomic mass is 16.1. The second-order valence-corrected chi connectivity index (χ2v) is 6.24. The van der Waals surface area contributed by atoms with Crippen LogP contribution in [0, 0.1) is 5.92 Å². The number of nitrogens with zero attached hydrogens (tertiary/aromatic N) is 2. The molecule has 0 saturated carbocycles. The second-order valence-electron chi connectivity index (χ2n) is 6.24. The van der Waals surface area contributed by atoms with Crippen LogP contribution in [0.5, 0.6) is 0 Å². The minimum Gasteiger partial charge on any atom is -0.355 e. The number of pyridine rings is 1. The molecule has 0 aliphatic carbocycles. The maximum Gasteiger partial charge on any atom is 0.224 e. The van der Waals surface area contributed by atoms with Crippen molar-refractivity contribution in [3.05, 3.63) is 59.8 Å². The molecule has 1 aromatic heterocycles. The highest BCUT2D eigenvalue weighted by Crippen LogP contribution is 2.18. The van der Waals surface area contributed by atoms with Crippen molar-refractivity contribution in [1.29, 1.82) is 0 Å². The summed E-state index contributed by atoms with van der Waals surface area (Å²) >= 11 is 0. The first-order valence-electron chi connectivity index (χ1n) is 8.41. The van der Waals surface area contributed by atoms with Crippen molar-refractivity contribution in [2.45, 2.75) is 19.5 Å². The number of hydrogen-bond donors (Lipinski definition) is 2. The van der Waals surface area contributed by atoms with Gasteiger partial charge in [-0.3, -0.25) is 4.79 Å². The number of amides is 1. The predicted octanol–water partition coefficient (Wildman–Crippen LogP) is 1.94. The van der Waals surface area contributed by atoms with Gasteiger partial charge in [-0.1, -0.05) is 36.4 Å². The van der Waals surface area contributed by atoms with Gasteiger partial charge in [-0.15, -0.1) is 0 Å². The molecule has 2 heterocycles. The third-order valence-corrected chi connectivity index (χ3v) is 4.38. The van der Waals surface area contributed by atoms with Crippen molar-refractivity contribution in [3.63, 3.8) is 0 Å². The highest BCUT2D eigenvalue weighted by molar-refractivity contribution is 5.79. The molecule has 0 radical (unpaired) electrons. The molecule has 24 heavy (non-hydrogen) atoms. The van der Waals surface area contributed by atoms with Gasteiger partial charge in [0.1, 0.15) is 5.82 Å².